The molecule has 0 amide bonds. The van der Waals surface area contributed by atoms with Crippen LogP contribution in [0, 0.1) is 0 Å². The molecule has 30 nitrogen and oxygen atoms in total. The van der Waals surface area contributed by atoms with E-state index in [1.54, 1.807) is 12.1 Å². The molecule has 0 aliphatic carbocycles. The van der Waals surface area contributed by atoms with Crippen LogP contribution in [0.5, 0.6) is 0 Å². The van der Waals surface area contributed by atoms with Gasteiger partial charge >= 0.3 is 23.8 Å². The van der Waals surface area contributed by atoms with Crippen molar-refractivity contribution in [3.63, 3.8) is 0 Å². The van der Waals surface area contributed by atoms with Crippen LogP contribution in [0.15, 0.2) is 188 Å². The van der Waals surface area contributed by atoms with E-state index in [2.05, 4.69) is 91.1 Å². The lowest BCUT2D eigenvalue weighted by Crippen LogP contribution is -2.25. The van der Waals surface area contributed by atoms with Crippen molar-refractivity contribution < 1.29 is 36.3 Å². The highest BCUT2D eigenvalue weighted by atomic mass is 35.5. The molecule has 10 rings (SSSR count). The van der Waals surface area contributed by atoms with Gasteiger partial charge in [0.15, 0.2) is 0 Å². The summed E-state index contributed by atoms with van der Waals surface area (Å²) in [6, 6.07) is 29.8. The summed E-state index contributed by atoms with van der Waals surface area (Å²) in [5.41, 5.74) is 11.5. The van der Waals surface area contributed by atoms with Gasteiger partial charge in [-0.05, 0) is 132 Å². The molecule has 0 aliphatic heterocycles. The molecule has 10 aromatic rings. The second-order valence-corrected chi connectivity index (χ2v) is 20.5. The standard InChI is InChI=1S/C36H36N18.C11H13N5.C3Cl3N3.CH4O4S/c1-49-19-20-50(2)34(49)46-43-28-13-7-25(8-14-28)37-31-40-32(38-26-9-15-29(16-10-26)44-47-35-51(3)21-22-52(35)4)42-33(41-31)39-27-11-17-30(18-12-27)45-48-36-53(5)23-24-54(36)6;1-15-7-8-16(2)11(15)14-13-10-5-3-9(12)4-6-10;4-1-7-2(5)9-3(6)8-1;1-6(3,4)5-2/h7-24H,1-6H3;3-8,12H,1-2H3;;2H,1H3/p+3. The minimum absolute atomic E-state index is 0.000000000000000444. The number of benzene rings is 4. The fourth-order valence-electron chi connectivity index (χ4n) is 6.91. The van der Waals surface area contributed by atoms with E-state index in [-0.39, 0.29) is 15.9 Å². The number of nitrogens with two attached hydrogens (primary N) is 1. The maximum absolute atomic E-state index is 9.47. The Morgan fingerprint density at radius 1 is 0.435 bits per heavy atom. The zero-order valence-corrected chi connectivity index (χ0v) is 50.0. The zero-order chi connectivity index (χ0) is 61.2. The summed E-state index contributed by atoms with van der Waals surface area (Å²) >= 11 is 16.0. The molecule has 5 N–H and O–H groups in total. The van der Waals surface area contributed by atoms with Crippen LogP contribution in [0.4, 0.5) is 87.1 Å². The first-order chi connectivity index (χ1) is 40.6. The summed E-state index contributed by atoms with van der Waals surface area (Å²) in [6.45, 7) is 0. The predicted octanol–water partition coefficient (Wildman–Crippen LogP) is 8.75. The van der Waals surface area contributed by atoms with Gasteiger partial charge in [-0.3, -0.25) is 0 Å². The highest BCUT2D eigenvalue weighted by Gasteiger charge is 2.15. The molecule has 0 saturated carbocycles. The van der Waals surface area contributed by atoms with E-state index in [1.165, 1.54) is 0 Å². The van der Waals surface area contributed by atoms with Crippen molar-refractivity contribution >= 4 is 132 Å². The topological polar surface area (TPSA) is 340 Å². The quantitative estimate of drug-likeness (QED) is 0.0245. The van der Waals surface area contributed by atoms with Crippen LogP contribution in [-0.2, 0) is 70.8 Å². The number of anilines is 7. The molecule has 0 radical (unpaired) electrons. The third kappa shape index (κ3) is 19.3. The Bertz CT molecular complexity index is 3680. The Balaban J connectivity index is 0.000000269. The van der Waals surface area contributed by atoms with Gasteiger partial charge in [0.1, 0.15) is 22.7 Å². The van der Waals surface area contributed by atoms with Gasteiger partial charge < -0.3 is 31.3 Å². The highest BCUT2D eigenvalue weighted by Crippen LogP contribution is 2.27. The molecule has 4 aromatic carbocycles. The number of azo groups is 4. The Labute approximate surface area is 501 Å². The molecule has 0 aliphatic rings. The van der Waals surface area contributed by atoms with E-state index in [9.17, 15) is 8.42 Å². The van der Waals surface area contributed by atoms with Crippen LogP contribution < -0.4 is 45.2 Å². The molecule has 0 bridgehead atoms. The number of aromatic nitrogens is 14. The van der Waals surface area contributed by atoms with E-state index < -0.39 is 10.1 Å². The third-order valence-corrected chi connectivity index (χ3v) is 11.9. The molecule has 0 atom stereocenters. The second kappa shape index (κ2) is 29.4. The van der Waals surface area contributed by atoms with Crippen molar-refractivity contribution in [2.24, 2.45) is 97.3 Å². The van der Waals surface area contributed by atoms with Crippen LogP contribution in [0.2, 0.25) is 15.9 Å². The SMILES string of the molecule is CS(=O)(=O)O[O-].Clc1nc(Cl)nc(Cl)n1.Cn1cc[n+](C)c1N=Nc1ccc(N)cc1.Cn1cc[n+](C)c1N=Nc1ccc(Nc2nc(Nc3ccc(N=Nc4n(C)cc[n+]4C)cc3)nc(Nc3ccc(N=Nc4n(C)cc[n+]4C)cc3)n2)cc1. The summed E-state index contributed by atoms with van der Waals surface area (Å²) in [5, 5.41) is 53.3. The van der Waals surface area contributed by atoms with Crippen molar-refractivity contribution in [1.82, 2.24) is 48.2 Å². The van der Waals surface area contributed by atoms with Crippen molar-refractivity contribution in [2.75, 3.05) is 27.9 Å². The molecule has 438 valence electrons. The molecular weight excluding hydrogens is 1180 g/mol. The normalized spacial score (nSPS) is 11.4. The number of aryl methyl sites for hydroxylation is 8. The van der Waals surface area contributed by atoms with Gasteiger partial charge in [-0.2, -0.15) is 29.9 Å². The number of hydrogen-bond donors (Lipinski definition) is 4. The smallest absolute Gasteiger partial charge is 0.421 e. The minimum atomic E-state index is -3.72. The third-order valence-electron chi connectivity index (χ3n) is 11.2. The summed E-state index contributed by atoms with van der Waals surface area (Å²) in [5.74, 6) is 3.93. The molecule has 34 heteroatoms. The minimum Gasteiger partial charge on any atom is -0.707 e. The van der Waals surface area contributed by atoms with Crippen molar-refractivity contribution in [1.29, 1.82) is 0 Å². The predicted molar refractivity (Wildman–Crippen MR) is 314 cm³/mol. The summed E-state index contributed by atoms with van der Waals surface area (Å²) in [4.78, 5) is 24.3. The first-order valence-corrected chi connectivity index (χ1v) is 27.7. The monoisotopic (exact) mass is 1230 g/mol. The van der Waals surface area contributed by atoms with Gasteiger partial charge in [-0.25, -0.2) is 45.0 Å². The number of hydrogen-bond acceptors (Lipinski definition) is 22. The second-order valence-electron chi connectivity index (χ2n) is 17.9. The fourth-order valence-corrected chi connectivity index (χ4v) is 7.52. The van der Waals surface area contributed by atoms with Gasteiger partial charge in [0, 0.05) is 43.2 Å². The van der Waals surface area contributed by atoms with Gasteiger partial charge in [-0.15, -0.1) is 0 Å². The summed E-state index contributed by atoms with van der Waals surface area (Å²) in [7, 11) is 11.7. The lowest BCUT2D eigenvalue weighted by molar-refractivity contribution is -0.657. The summed E-state index contributed by atoms with van der Waals surface area (Å²) < 4.78 is 36.8. The summed E-state index contributed by atoms with van der Waals surface area (Å²) in [6.07, 6.45) is 16.1. The number of nitrogens with zero attached hydrogens (tertiary/aromatic N) is 22. The van der Waals surface area contributed by atoms with Crippen LogP contribution >= 0.6 is 34.8 Å². The van der Waals surface area contributed by atoms with Gasteiger partial charge in [0.05, 0.1) is 112 Å². The Hall–Kier alpha value is -9.92. The van der Waals surface area contributed by atoms with Crippen LogP contribution in [0.1, 0.15) is 0 Å². The lowest BCUT2D eigenvalue weighted by Gasteiger charge is -2.12. The van der Waals surface area contributed by atoms with Crippen LogP contribution in [0.3, 0.4) is 0 Å². The average molecular weight is 1240 g/mol. The molecule has 0 fully saturated rings. The van der Waals surface area contributed by atoms with Gasteiger partial charge in [0.25, 0.3) is 10.1 Å². The van der Waals surface area contributed by atoms with E-state index in [0.717, 1.165) is 52.2 Å². The number of nitrogen functional groups attached to an aromatic ring is 1. The van der Waals surface area contributed by atoms with Crippen molar-refractivity contribution in [3.05, 3.63) is 162 Å². The van der Waals surface area contributed by atoms with Crippen molar-refractivity contribution in [2.45, 2.75) is 0 Å². The maximum Gasteiger partial charge on any atom is 0.421 e. The van der Waals surface area contributed by atoms with Crippen molar-refractivity contribution in [3.8, 4) is 0 Å². The number of halogens is 3. The van der Waals surface area contributed by atoms with E-state index >= 15 is 0 Å². The first kappa shape index (κ1) is 62.7. The van der Waals surface area contributed by atoms with E-state index in [1.807, 2.05) is 227 Å². The lowest BCUT2D eigenvalue weighted by atomic mass is 10.3. The van der Waals surface area contributed by atoms with E-state index in [0.29, 0.717) is 41.2 Å². The molecular formula is C51H56Cl3N26O4S+3. The molecule has 0 unspecified atom stereocenters. The van der Waals surface area contributed by atoms with Crippen LogP contribution in [-0.4, -0.2) is 62.8 Å². The Morgan fingerprint density at radius 2 is 0.659 bits per heavy atom. The fraction of sp³-hybridized carbons (Fsp3) is 0.176. The Morgan fingerprint density at radius 3 is 0.859 bits per heavy atom. The van der Waals surface area contributed by atoms with Crippen LogP contribution in [0.25, 0.3) is 0 Å². The maximum atomic E-state index is 9.47. The van der Waals surface area contributed by atoms with Gasteiger partial charge in [-0.1, -0.05) is 20.5 Å². The number of imidazole rings is 4. The molecule has 85 heavy (non-hydrogen) atoms. The zero-order valence-electron chi connectivity index (χ0n) is 46.9. The average Bonchev–Trinajstić information content (AvgIpc) is 4.35. The highest BCUT2D eigenvalue weighted by molar-refractivity contribution is 7.85. The van der Waals surface area contributed by atoms with Gasteiger partial charge in [0.2, 0.25) is 33.7 Å². The first-order valence-electron chi connectivity index (χ1n) is 24.8. The number of rotatable bonds is 15. The Kier molecular flexibility index (Phi) is 21.7. The largest absolute Gasteiger partial charge is 0.707 e. The molecule has 6 heterocycles. The van der Waals surface area contributed by atoms with E-state index in [4.69, 9.17) is 45.8 Å². The molecule has 0 spiro atoms. The molecule has 6 aromatic heterocycles. The number of nitrogens with one attached hydrogen (secondary N) is 3. The molecule has 0 saturated heterocycles.